The summed E-state index contributed by atoms with van der Waals surface area (Å²) in [6.45, 7) is 1.47. The van der Waals surface area contributed by atoms with Crippen molar-refractivity contribution in [2.24, 2.45) is 0 Å². The van der Waals surface area contributed by atoms with Crippen LogP contribution in [0.15, 0.2) is 54.6 Å². The van der Waals surface area contributed by atoms with Crippen molar-refractivity contribution in [3.05, 3.63) is 60.2 Å². The third-order valence-corrected chi connectivity index (χ3v) is 7.01. The van der Waals surface area contributed by atoms with Crippen molar-refractivity contribution in [1.29, 1.82) is 0 Å². The number of sulfonamides is 1. The van der Waals surface area contributed by atoms with Gasteiger partial charge in [0.05, 0.1) is 18.4 Å². The molecule has 2 aliphatic rings. The van der Waals surface area contributed by atoms with Gasteiger partial charge in [-0.25, -0.2) is 17.9 Å². The van der Waals surface area contributed by atoms with Crippen LogP contribution >= 0.6 is 0 Å². The zero-order valence-corrected chi connectivity index (χ0v) is 19.8. The number of nitrogens with one attached hydrogen (secondary N) is 1. The molecular weight excluding hydrogens is 440 g/mol. The monoisotopic (exact) mass is 472 g/mol. The largest absolute Gasteiger partial charge is 0.447 e. The molecule has 2 fully saturated rings. The highest BCUT2D eigenvalue weighted by atomic mass is 32.2. The molecule has 7 nitrogen and oxygen atoms in total. The summed E-state index contributed by atoms with van der Waals surface area (Å²) < 4.78 is 38.0. The molecule has 8 heteroatoms. The van der Waals surface area contributed by atoms with E-state index in [-0.39, 0.29) is 24.8 Å². The standard InChI is InChI=1S/C25H32N2O5S/c1-33(29,30)26-23-13-6-14-27(25(28)32-18-22-12-7-15-31-22)24(23)17-19-8-5-11-21(16-19)20-9-3-2-4-10-20/h2-5,8-11,16,22-24,26H,6-7,12-15,17-18H2,1H3/t22?,23-,24-/m1/s1. The first-order valence-corrected chi connectivity index (χ1v) is 13.4. The molecule has 33 heavy (non-hydrogen) atoms. The number of hydrogen-bond acceptors (Lipinski definition) is 5. The van der Waals surface area contributed by atoms with Crippen molar-refractivity contribution in [3.63, 3.8) is 0 Å². The van der Waals surface area contributed by atoms with Gasteiger partial charge in [0.1, 0.15) is 6.61 Å². The molecule has 1 unspecified atom stereocenters. The lowest BCUT2D eigenvalue weighted by Gasteiger charge is -2.41. The van der Waals surface area contributed by atoms with E-state index in [0.29, 0.717) is 32.4 Å². The fourth-order valence-electron chi connectivity index (χ4n) is 4.72. The molecule has 0 aromatic heterocycles. The van der Waals surface area contributed by atoms with Gasteiger partial charge in [0.25, 0.3) is 0 Å². The fourth-order valence-corrected chi connectivity index (χ4v) is 5.55. The van der Waals surface area contributed by atoms with Crippen LogP contribution in [0.3, 0.4) is 0 Å². The van der Waals surface area contributed by atoms with E-state index >= 15 is 0 Å². The highest BCUT2D eigenvalue weighted by molar-refractivity contribution is 7.88. The van der Waals surface area contributed by atoms with Crippen LogP contribution in [-0.2, 0) is 25.9 Å². The van der Waals surface area contributed by atoms with E-state index in [9.17, 15) is 13.2 Å². The highest BCUT2D eigenvalue weighted by Crippen LogP contribution is 2.26. The SMILES string of the molecule is CS(=O)(=O)N[C@@H]1CCCN(C(=O)OCC2CCCO2)[C@@H]1Cc1cccc(-c2ccccc2)c1. The predicted molar refractivity (Wildman–Crippen MR) is 127 cm³/mol. The quantitative estimate of drug-likeness (QED) is 0.666. The molecule has 0 spiro atoms. The van der Waals surface area contributed by atoms with E-state index in [1.54, 1.807) is 4.90 Å². The number of carbonyl (C=O) groups is 1. The van der Waals surface area contributed by atoms with Crippen LogP contribution in [-0.4, -0.2) is 63.6 Å². The van der Waals surface area contributed by atoms with Crippen molar-refractivity contribution in [2.45, 2.75) is 50.3 Å². The summed E-state index contributed by atoms with van der Waals surface area (Å²) in [5, 5.41) is 0. The number of nitrogens with zero attached hydrogens (tertiary/aromatic N) is 1. The molecule has 2 aromatic rings. The Bertz CT molecular complexity index is 1040. The minimum atomic E-state index is -3.42. The van der Waals surface area contributed by atoms with E-state index in [0.717, 1.165) is 35.8 Å². The van der Waals surface area contributed by atoms with Gasteiger partial charge >= 0.3 is 6.09 Å². The second kappa shape index (κ2) is 10.7. The molecule has 0 radical (unpaired) electrons. The molecule has 1 amide bonds. The van der Waals surface area contributed by atoms with Crippen molar-refractivity contribution < 1.29 is 22.7 Å². The average molecular weight is 473 g/mol. The lowest BCUT2D eigenvalue weighted by molar-refractivity contribution is 0.0171. The van der Waals surface area contributed by atoms with Crippen LogP contribution < -0.4 is 4.72 Å². The molecule has 0 aliphatic carbocycles. The number of piperidine rings is 1. The minimum absolute atomic E-state index is 0.0512. The van der Waals surface area contributed by atoms with E-state index in [2.05, 4.69) is 29.0 Å². The molecule has 2 aliphatic heterocycles. The van der Waals surface area contributed by atoms with Crippen LogP contribution in [0.1, 0.15) is 31.2 Å². The summed E-state index contributed by atoms with van der Waals surface area (Å²) in [5.74, 6) is 0. The first kappa shape index (κ1) is 23.7. The van der Waals surface area contributed by atoms with Gasteiger partial charge in [-0.05, 0) is 48.8 Å². The molecule has 3 atom stereocenters. The van der Waals surface area contributed by atoms with Gasteiger partial charge in [-0.3, -0.25) is 0 Å². The van der Waals surface area contributed by atoms with Crippen molar-refractivity contribution in [1.82, 2.24) is 9.62 Å². The Labute approximate surface area is 196 Å². The summed E-state index contributed by atoms with van der Waals surface area (Å²) in [5.41, 5.74) is 3.24. The molecule has 178 valence electrons. The third kappa shape index (κ3) is 6.56. The normalized spacial score (nSPS) is 23.4. The van der Waals surface area contributed by atoms with E-state index in [1.807, 2.05) is 30.3 Å². The maximum Gasteiger partial charge on any atom is 0.410 e. The smallest absolute Gasteiger partial charge is 0.410 e. The number of ether oxygens (including phenoxy) is 2. The maximum absolute atomic E-state index is 13.0. The van der Waals surface area contributed by atoms with Crippen LogP contribution in [0, 0.1) is 0 Å². The summed E-state index contributed by atoms with van der Waals surface area (Å²) in [6.07, 6.45) is 4.49. The molecule has 2 heterocycles. The molecule has 0 bridgehead atoms. The Hall–Kier alpha value is -2.42. The molecule has 0 saturated carbocycles. The van der Waals surface area contributed by atoms with Crippen LogP contribution in [0.5, 0.6) is 0 Å². The van der Waals surface area contributed by atoms with Crippen molar-refractivity contribution in [2.75, 3.05) is 26.0 Å². The lowest BCUT2D eigenvalue weighted by atomic mass is 9.90. The summed E-state index contributed by atoms with van der Waals surface area (Å²) in [6, 6.07) is 17.6. The number of rotatable bonds is 7. The van der Waals surface area contributed by atoms with Gasteiger partial charge in [-0.2, -0.15) is 0 Å². The average Bonchev–Trinajstić information content (AvgIpc) is 3.32. The summed E-state index contributed by atoms with van der Waals surface area (Å²) in [4.78, 5) is 14.7. The second-order valence-corrected chi connectivity index (χ2v) is 10.7. The summed E-state index contributed by atoms with van der Waals surface area (Å²) in [7, 11) is -3.42. The molecule has 2 aromatic carbocycles. The first-order valence-electron chi connectivity index (χ1n) is 11.6. The van der Waals surface area contributed by atoms with E-state index < -0.39 is 16.1 Å². The maximum atomic E-state index is 13.0. The lowest BCUT2D eigenvalue weighted by Crippen LogP contribution is -2.58. The van der Waals surface area contributed by atoms with Gasteiger partial charge in [0.2, 0.25) is 10.0 Å². The third-order valence-electron chi connectivity index (χ3n) is 6.27. The fraction of sp³-hybridized carbons (Fsp3) is 0.480. The van der Waals surface area contributed by atoms with Gasteiger partial charge in [-0.15, -0.1) is 0 Å². The Morgan fingerprint density at radius 1 is 1.09 bits per heavy atom. The van der Waals surface area contributed by atoms with Gasteiger partial charge in [0, 0.05) is 19.2 Å². The zero-order valence-electron chi connectivity index (χ0n) is 19.0. The zero-order chi connectivity index (χ0) is 23.3. The Kier molecular flexibility index (Phi) is 7.67. The van der Waals surface area contributed by atoms with Crippen LogP contribution in [0.25, 0.3) is 11.1 Å². The molecule has 2 saturated heterocycles. The Morgan fingerprint density at radius 3 is 2.61 bits per heavy atom. The van der Waals surface area contributed by atoms with Gasteiger partial charge < -0.3 is 14.4 Å². The molecular formula is C25H32N2O5S. The molecule has 4 rings (SSSR count). The van der Waals surface area contributed by atoms with Crippen molar-refractivity contribution in [3.8, 4) is 11.1 Å². The number of carbonyl (C=O) groups excluding carboxylic acids is 1. The second-order valence-electron chi connectivity index (χ2n) is 8.88. The Morgan fingerprint density at radius 2 is 1.88 bits per heavy atom. The van der Waals surface area contributed by atoms with Gasteiger partial charge in [0.15, 0.2) is 0 Å². The summed E-state index contributed by atoms with van der Waals surface area (Å²) >= 11 is 0. The Balaban J connectivity index is 1.54. The van der Waals surface area contributed by atoms with E-state index in [1.165, 1.54) is 0 Å². The van der Waals surface area contributed by atoms with E-state index in [4.69, 9.17) is 9.47 Å². The first-order chi connectivity index (χ1) is 15.9. The number of likely N-dealkylation sites (tertiary alicyclic amines) is 1. The highest BCUT2D eigenvalue weighted by Gasteiger charge is 2.37. The number of hydrogen-bond donors (Lipinski definition) is 1. The van der Waals surface area contributed by atoms with Crippen molar-refractivity contribution >= 4 is 16.1 Å². The predicted octanol–water partition coefficient (Wildman–Crippen LogP) is 3.59. The molecule has 1 N–H and O–H groups in total. The van der Waals surface area contributed by atoms with Gasteiger partial charge in [-0.1, -0.05) is 54.6 Å². The topological polar surface area (TPSA) is 84.9 Å². The number of benzene rings is 2. The minimum Gasteiger partial charge on any atom is -0.447 e. The number of amides is 1. The van der Waals surface area contributed by atoms with Crippen LogP contribution in [0.2, 0.25) is 0 Å². The van der Waals surface area contributed by atoms with Crippen LogP contribution in [0.4, 0.5) is 4.79 Å².